The first-order valence-corrected chi connectivity index (χ1v) is 14.3. The lowest BCUT2D eigenvalue weighted by Gasteiger charge is -2.46. The number of Topliss-reactive ketones (excluding diaryl/α,β-unsaturated/α-hetero) is 1. The van der Waals surface area contributed by atoms with Gasteiger partial charge in [0.1, 0.15) is 11.8 Å². The van der Waals surface area contributed by atoms with E-state index in [2.05, 4.69) is 21.8 Å². The number of piperidine rings is 1. The molecule has 0 aromatic carbocycles. The fraction of sp³-hybridized carbons (Fsp3) is 0.581. The number of esters is 2. The molecule has 4 atom stereocenters. The molecule has 4 unspecified atom stereocenters. The number of aromatic nitrogens is 2. The Morgan fingerprint density at radius 2 is 1.15 bits per heavy atom. The molecule has 0 aliphatic carbocycles. The predicted octanol–water partition coefficient (Wildman–Crippen LogP) is 5.64. The summed E-state index contributed by atoms with van der Waals surface area (Å²) in [5.74, 6) is -4.32. The minimum Gasteiger partial charge on any atom is -0.468 e. The van der Waals surface area contributed by atoms with Crippen molar-refractivity contribution in [2.75, 3.05) is 20.8 Å². The molecule has 1 aliphatic heterocycles. The van der Waals surface area contributed by atoms with Gasteiger partial charge in [-0.05, 0) is 37.2 Å². The summed E-state index contributed by atoms with van der Waals surface area (Å²) in [7, 11) is 2.52. The molecule has 1 fully saturated rings. The number of rotatable bonds is 15. The van der Waals surface area contributed by atoms with Gasteiger partial charge < -0.3 is 9.47 Å². The highest BCUT2D eigenvalue weighted by atomic mass is 16.5. The second-order valence-corrected chi connectivity index (χ2v) is 10.2. The van der Waals surface area contributed by atoms with Gasteiger partial charge in [0.15, 0.2) is 5.78 Å². The molecule has 2 aromatic rings. The van der Waals surface area contributed by atoms with E-state index in [4.69, 9.17) is 9.47 Å². The van der Waals surface area contributed by atoms with E-state index in [1.807, 2.05) is 24.3 Å². The summed E-state index contributed by atoms with van der Waals surface area (Å²) in [6, 6.07) is 9.49. The molecule has 2 aromatic heterocycles. The highest BCUT2D eigenvalue weighted by Crippen LogP contribution is 2.46. The molecule has 1 aliphatic rings. The predicted molar refractivity (Wildman–Crippen MR) is 149 cm³/mol. The van der Waals surface area contributed by atoms with Crippen molar-refractivity contribution in [2.24, 2.45) is 11.8 Å². The van der Waals surface area contributed by atoms with Crippen LogP contribution in [0.1, 0.15) is 94.6 Å². The average molecular weight is 538 g/mol. The molecule has 0 spiro atoms. The minimum absolute atomic E-state index is 0.528. The van der Waals surface area contributed by atoms with E-state index in [-0.39, 0.29) is 0 Å². The van der Waals surface area contributed by atoms with Crippen LogP contribution in [0.25, 0.3) is 0 Å². The third-order valence-electron chi connectivity index (χ3n) is 7.62. The first-order chi connectivity index (χ1) is 19.0. The van der Waals surface area contributed by atoms with Crippen LogP contribution in [-0.4, -0.2) is 53.4 Å². The molecule has 8 heteroatoms. The van der Waals surface area contributed by atoms with Gasteiger partial charge in [-0.25, -0.2) is 0 Å². The molecule has 3 heterocycles. The van der Waals surface area contributed by atoms with E-state index < -0.39 is 41.6 Å². The molecule has 39 heavy (non-hydrogen) atoms. The van der Waals surface area contributed by atoms with Crippen LogP contribution in [-0.2, 0) is 23.9 Å². The van der Waals surface area contributed by atoms with Crippen LogP contribution in [0, 0.1) is 11.8 Å². The van der Waals surface area contributed by atoms with Gasteiger partial charge in [-0.3, -0.25) is 29.3 Å². The van der Waals surface area contributed by atoms with Gasteiger partial charge in [0.2, 0.25) is 0 Å². The van der Waals surface area contributed by atoms with E-state index in [1.54, 1.807) is 24.5 Å². The van der Waals surface area contributed by atoms with Crippen LogP contribution in [0.5, 0.6) is 0 Å². The van der Waals surface area contributed by atoms with Crippen molar-refractivity contribution in [3.8, 4) is 0 Å². The lowest BCUT2D eigenvalue weighted by molar-refractivity contribution is -0.168. The summed E-state index contributed by atoms with van der Waals surface area (Å²) >= 11 is 0. The fourth-order valence-electron chi connectivity index (χ4n) is 5.65. The molecule has 3 rings (SSSR count). The molecular weight excluding hydrogens is 494 g/mol. The van der Waals surface area contributed by atoms with Crippen molar-refractivity contribution in [1.82, 2.24) is 14.9 Å². The molecule has 0 amide bonds. The standard InChI is InChI=1S/C31H43N3O5/c1-4-5-6-7-8-9-10-11-12-17-22-34-27(23-18-13-15-20-32-23)25(30(36)38-2)29(35)26(31(37)39-3)28(34)24-19-14-16-21-33-24/h13-16,18-21,25-28H,4-12,17,22H2,1-3H3. The average Bonchev–Trinajstić information content (AvgIpc) is 2.98. The van der Waals surface area contributed by atoms with Crippen LogP contribution in [0.2, 0.25) is 0 Å². The number of likely N-dealkylation sites (tertiary alicyclic amines) is 1. The summed E-state index contributed by atoms with van der Waals surface area (Å²) < 4.78 is 10.2. The summed E-state index contributed by atoms with van der Waals surface area (Å²) in [5.41, 5.74) is 1.16. The molecule has 8 nitrogen and oxygen atoms in total. The minimum atomic E-state index is -1.21. The van der Waals surface area contributed by atoms with Crippen molar-refractivity contribution in [3.05, 3.63) is 60.2 Å². The number of unbranched alkanes of at least 4 members (excludes halogenated alkanes) is 9. The molecular formula is C31H43N3O5. The highest BCUT2D eigenvalue weighted by Gasteiger charge is 2.56. The van der Waals surface area contributed by atoms with Crippen molar-refractivity contribution in [3.63, 3.8) is 0 Å². The molecule has 0 radical (unpaired) electrons. The lowest BCUT2D eigenvalue weighted by atomic mass is 9.74. The van der Waals surface area contributed by atoms with E-state index in [0.717, 1.165) is 19.3 Å². The Labute approximate surface area is 232 Å². The van der Waals surface area contributed by atoms with Gasteiger partial charge in [0.05, 0.1) is 37.7 Å². The molecule has 1 saturated heterocycles. The van der Waals surface area contributed by atoms with E-state index >= 15 is 0 Å². The Balaban J connectivity index is 1.89. The monoisotopic (exact) mass is 537 g/mol. The summed E-state index contributed by atoms with van der Waals surface area (Å²) in [6.07, 6.45) is 15.2. The zero-order valence-corrected chi connectivity index (χ0v) is 23.6. The number of ketones is 1. The Kier molecular flexibility index (Phi) is 12.5. The number of methoxy groups -OCH3 is 2. The van der Waals surface area contributed by atoms with Crippen molar-refractivity contribution in [1.29, 1.82) is 0 Å². The Morgan fingerprint density at radius 3 is 1.54 bits per heavy atom. The van der Waals surface area contributed by atoms with E-state index in [1.165, 1.54) is 59.2 Å². The van der Waals surface area contributed by atoms with Gasteiger partial charge in [-0.15, -0.1) is 0 Å². The SMILES string of the molecule is CCCCCCCCCCCCN1C(c2ccccn2)C(C(=O)OC)C(=O)C(C(=O)OC)C1c1ccccn1. The smallest absolute Gasteiger partial charge is 0.318 e. The number of hydrogen-bond acceptors (Lipinski definition) is 8. The lowest BCUT2D eigenvalue weighted by Crippen LogP contribution is -2.56. The van der Waals surface area contributed by atoms with Gasteiger partial charge in [0.25, 0.3) is 0 Å². The number of ether oxygens (including phenoxy) is 2. The van der Waals surface area contributed by atoms with Crippen molar-refractivity contribution >= 4 is 17.7 Å². The number of pyridine rings is 2. The highest BCUT2D eigenvalue weighted by molar-refractivity contribution is 6.10. The maximum absolute atomic E-state index is 13.9. The van der Waals surface area contributed by atoms with Gasteiger partial charge >= 0.3 is 11.9 Å². The second kappa shape index (κ2) is 16.1. The topological polar surface area (TPSA) is 98.7 Å². The fourth-order valence-corrected chi connectivity index (χ4v) is 5.65. The van der Waals surface area contributed by atoms with Crippen LogP contribution >= 0.6 is 0 Å². The summed E-state index contributed by atoms with van der Waals surface area (Å²) in [5, 5.41) is 0. The van der Waals surface area contributed by atoms with Crippen molar-refractivity contribution in [2.45, 2.75) is 83.2 Å². The molecule has 212 valence electrons. The second-order valence-electron chi connectivity index (χ2n) is 10.2. The molecule has 0 bridgehead atoms. The Bertz CT molecular complexity index is 964. The largest absolute Gasteiger partial charge is 0.468 e. The third-order valence-corrected chi connectivity index (χ3v) is 7.62. The van der Waals surface area contributed by atoms with E-state index in [0.29, 0.717) is 17.9 Å². The van der Waals surface area contributed by atoms with Gasteiger partial charge in [-0.2, -0.15) is 0 Å². The van der Waals surface area contributed by atoms with Crippen LogP contribution < -0.4 is 0 Å². The van der Waals surface area contributed by atoms with Gasteiger partial charge in [-0.1, -0.05) is 76.8 Å². The zero-order valence-electron chi connectivity index (χ0n) is 23.6. The Morgan fingerprint density at radius 1 is 0.718 bits per heavy atom. The third kappa shape index (κ3) is 7.94. The normalized spacial score (nSPS) is 21.5. The van der Waals surface area contributed by atoms with Crippen LogP contribution in [0.15, 0.2) is 48.8 Å². The quantitative estimate of drug-likeness (QED) is 0.163. The summed E-state index contributed by atoms with van der Waals surface area (Å²) in [6.45, 7) is 2.79. The van der Waals surface area contributed by atoms with Crippen LogP contribution in [0.4, 0.5) is 0 Å². The number of carbonyl (C=O) groups excluding carboxylic acids is 3. The molecule has 0 N–H and O–H groups in total. The van der Waals surface area contributed by atoms with E-state index in [9.17, 15) is 14.4 Å². The first-order valence-electron chi connectivity index (χ1n) is 14.3. The number of nitrogens with zero attached hydrogens (tertiary/aromatic N) is 3. The maximum Gasteiger partial charge on any atom is 0.318 e. The number of hydrogen-bond donors (Lipinski definition) is 0. The van der Waals surface area contributed by atoms with Crippen LogP contribution in [0.3, 0.4) is 0 Å². The van der Waals surface area contributed by atoms with Crippen molar-refractivity contribution < 1.29 is 23.9 Å². The summed E-state index contributed by atoms with van der Waals surface area (Å²) in [4.78, 5) is 51.2. The zero-order chi connectivity index (χ0) is 28.0. The first kappa shape index (κ1) is 30.4. The maximum atomic E-state index is 13.9. The number of carbonyl (C=O) groups is 3. The molecule has 0 saturated carbocycles. The Hall–Kier alpha value is -3.13. The van der Waals surface area contributed by atoms with Gasteiger partial charge in [0, 0.05) is 12.4 Å².